The third kappa shape index (κ3) is 4.12. The Balaban J connectivity index is 1.61. The second kappa shape index (κ2) is 7.62. The van der Waals surface area contributed by atoms with Crippen LogP contribution in [0.1, 0.15) is 19.3 Å². The molecule has 0 bridgehead atoms. The predicted molar refractivity (Wildman–Crippen MR) is 90.4 cm³/mol. The fraction of sp³-hybridized carbons (Fsp3) is 0.500. The van der Waals surface area contributed by atoms with Crippen molar-refractivity contribution < 1.29 is 9.84 Å². The maximum absolute atomic E-state index is 10.3. The van der Waals surface area contributed by atoms with Crippen LogP contribution in [-0.4, -0.2) is 52.1 Å². The molecule has 0 amide bonds. The van der Waals surface area contributed by atoms with Crippen LogP contribution in [0.5, 0.6) is 5.75 Å². The van der Waals surface area contributed by atoms with Crippen LogP contribution in [0.15, 0.2) is 36.5 Å². The Kier molecular flexibility index (Phi) is 5.31. The molecule has 1 aliphatic heterocycles. The zero-order valence-corrected chi connectivity index (χ0v) is 13.7. The second-order valence-electron chi connectivity index (χ2n) is 6.16. The van der Waals surface area contributed by atoms with E-state index in [2.05, 4.69) is 10.00 Å². The molecule has 2 aromatic rings. The zero-order chi connectivity index (χ0) is 16.1. The quantitative estimate of drug-likeness (QED) is 0.889. The van der Waals surface area contributed by atoms with E-state index in [4.69, 9.17) is 4.74 Å². The number of aliphatic hydroxyl groups excluding tert-OH is 1. The summed E-state index contributed by atoms with van der Waals surface area (Å²) in [5.41, 5.74) is 2.00. The van der Waals surface area contributed by atoms with Gasteiger partial charge in [0.15, 0.2) is 0 Å². The van der Waals surface area contributed by atoms with Gasteiger partial charge in [-0.05, 0) is 44.1 Å². The molecule has 5 heteroatoms. The van der Waals surface area contributed by atoms with Gasteiger partial charge in [0.25, 0.3) is 0 Å². The highest BCUT2D eigenvalue weighted by Gasteiger charge is 2.16. The van der Waals surface area contributed by atoms with Crippen molar-refractivity contribution >= 4 is 0 Å². The van der Waals surface area contributed by atoms with E-state index in [-0.39, 0.29) is 0 Å². The predicted octanol–water partition coefficient (Wildman–Crippen LogP) is 2.31. The monoisotopic (exact) mass is 315 g/mol. The normalized spacial score (nSPS) is 17.1. The Morgan fingerprint density at radius 1 is 1.17 bits per heavy atom. The number of benzene rings is 1. The number of likely N-dealkylation sites (tertiary alicyclic amines) is 1. The molecule has 1 aromatic carbocycles. The van der Waals surface area contributed by atoms with Crippen LogP contribution in [0, 0.1) is 0 Å². The van der Waals surface area contributed by atoms with Gasteiger partial charge in [-0.2, -0.15) is 5.10 Å². The van der Waals surface area contributed by atoms with Crippen LogP contribution in [-0.2, 0) is 7.05 Å². The lowest BCUT2D eigenvalue weighted by Gasteiger charge is -2.28. The Morgan fingerprint density at radius 3 is 2.70 bits per heavy atom. The molecule has 1 fully saturated rings. The summed E-state index contributed by atoms with van der Waals surface area (Å²) in [5.74, 6) is 0.786. The van der Waals surface area contributed by atoms with Gasteiger partial charge in [0.1, 0.15) is 18.5 Å². The van der Waals surface area contributed by atoms with Crippen molar-refractivity contribution in [2.24, 2.45) is 7.05 Å². The summed E-state index contributed by atoms with van der Waals surface area (Å²) < 4.78 is 7.73. The summed E-state index contributed by atoms with van der Waals surface area (Å²) in [7, 11) is 1.91. The Morgan fingerprint density at radius 2 is 1.96 bits per heavy atom. The van der Waals surface area contributed by atoms with Crippen molar-refractivity contribution in [3.8, 4) is 17.0 Å². The van der Waals surface area contributed by atoms with Crippen molar-refractivity contribution in [2.45, 2.75) is 25.4 Å². The average molecular weight is 315 g/mol. The van der Waals surface area contributed by atoms with Gasteiger partial charge in [0, 0.05) is 25.4 Å². The summed E-state index contributed by atoms with van der Waals surface area (Å²) in [6.07, 6.45) is 5.08. The number of para-hydroxylation sites is 1. The van der Waals surface area contributed by atoms with Gasteiger partial charge in [-0.1, -0.05) is 18.6 Å². The molecule has 1 aromatic heterocycles. The zero-order valence-electron chi connectivity index (χ0n) is 13.7. The maximum atomic E-state index is 10.3. The first-order valence-electron chi connectivity index (χ1n) is 8.34. The lowest BCUT2D eigenvalue weighted by Crippen LogP contribution is -2.38. The summed E-state index contributed by atoms with van der Waals surface area (Å²) >= 11 is 0. The molecule has 1 saturated heterocycles. The minimum absolute atomic E-state index is 0.311. The first-order valence-corrected chi connectivity index (χ1v) is 8.34. The van der Waals surface area contributed by atoms with Gasteiger partial charge in [-0.3, -0.25) is 4.68 Å². The van der Waals surface area contributed by atoms with E-state index in [9.17, 15) is 5.11 Å². The Bertz CT molecular complexity index is 620. The van der Waals surface area contributed by atoms with E-state index in [1.807, 2.05) is 42.1 Å². The first-order chi connectivity index (χ1) is 11.2. The second-order valence-corrected chi connectivity index (χ2v) is 6.16. The van der Waals surface area contributed by atoms with Crippen LogP contribution in [0.3, 0.4) is 0 Å². The molecule has 1 N–H and O–H groups in total. The number of rotatable bonds is 6. The number of hydrogen-bond acceptors (Lipinski definition) is 4. The highest BCUT2D eigenvalue weighted by Crippen LogP contribution is 2.29. The minimum Gasteiger partial charge on any atom is -0.490 e. The minimum atomic E-state index is -0.465. The van der Waals surface area contributed by atoms with E-state index in [0.29, 0.717) is 13.2 Å². The standard InChI is InChI=1S/C18H25N3O2/c1-20-17(9-10-19-20)16-7-3-4-8-18(16)23-14-15(22)13-21-11-5-2-6-12-21/h3-4,7-10,15,22H,2,5-6,11-14H2,1H3/t15-/m1/s1. The Labute approximate surface area is 137 Å². The number of aryl methyl sites for hydroxylation is 1. The van der Waals surface area contributed by atoms with E-state index < -0.39 is 6.10 Å². The van der Waals surface area contributed by atoms with Gasteiger partial charge in [0.05, 0.1) is 5.69 Å². The third-order valence-electron chi connectivity index (χ3n) is 4.33. The van der Waals surface area contributed by atoms with Gasteiger partial charge >= 0.3 is 0 Å². The molecule has 0 saturated carbocycles. The van der Waals surface area contributed by atoms with Crippen LogP contribution >= 0.6 is 0 Å². The maximum Gasteiger partial charge on any atom is 0.128 e. The topological polar surface area (TPSA) is 50.5 Å². The number of aliphatic hydroxyl groups is 1. The molecule has 0 radical (unpaired) electrons. The van der Waals surface area contributed by atoms with Gasteiger partial charge in [-0.25, -0.2) is 0 Å². The molecule has 5 nitrogen and oxygen atoms in total. The van der Waals surface area contributed by atoms with E-state index in [1.54, 1.807) is 6.20 Å². The fourth-order valence-electron chi connectivity index (χ4n) is 3.12. The molecule has 23 heavy (non-hydrogen) atoms. The smallest absolute Gasteiger partial charge is 0.128 e. The summed E-state index contributed by atoms with van der Waals surface area (Å²) in [4.78, 5) is 2.32. The number of hydrogen-bond donors (Lipinski definition) is 1. The molecular weight excluding hydrogens is 290 g/mol. The summed E-state index contributed by atoms with van der Waals surface area (Å²) in [5, 5.41) is 14.5. The number of β-amino-alcohol motifs (C(OH)–C–C–N with tert-alkyl or cyclic N) is 1. The molecule has 0 aliphatic carbocycles. The molecule has 0 spiro atoms. The van der Waals surface area contributed by atoms with Crippen LogP contribution in [0.2, 0.25) is 0 Å². The summed E-state index contributed by atoms with van der Waals surface area (Å²) in [6.45, 7) is 3.17. The number of ether oxygens (including phenoxy) is 1. The van der Waals surface area contributed by atoms with Crippen molar-refractivity contribution in [2.75, 3.05) is 26.2 Å². The third-order valence-corrected chi connectivity index (χ3v) is 4.33. The van der Waals surface area contributed by atoms with Crippen molar-refractivity contribution in [3.63, 3.8) is 0 Å². The largest absolute Gasteiger partial charge is 0.490 e. The highest BCUT2D eigenvalue weighted by atomic mass is 16.5. The molecule has 1 atom stereocenters. The van der Waals surface area contributed by atoms with Crippen molar-refractivity contribution in [1.82, 2.24) is 14.7 Å². The van der Waals surface area contributed by atoms with E-state index >= 15 is 0 Å². The summed E-state index contributed by atoms with van der Waals surface area (Å²) in [6, 6.07) is 9.86. The number of aromatic nitrogens is 2. The van der Waals surface area contributed by atoms with Crippen LogP contribution < -0.4 is 4.74 Å². The SMILES string of the molecule is Cn1nccc1-c1ccccc1OC[C@H](O)CN1CCCCC1. The van der Waals surface area contributed by atoms with E-state index in [0.717, 1.165) is 30.1 Å². The average Bonchev–Trinajstić information content (AvgIpc) is 3.00. The van der Waals surface area contributed by atoms with Crippen LogP contribution in [0.25, 0.3) is 11.3 Å². The van der Waals surface area contributed by atoms with Crippen molar-refractivity contribution in [3.05, 3.63) is 36.5 Å². The lowest BCUT2D eigenvalue weighted by molar-refractivity contribution is 0.0619. The van der Waals surface area contributed by atoms with Gasteiger partial charge in [-0.15, -0.1) is 0 Å². The lowest BCUT2D eigenvalue weighted by atomic mass is 10.1. The van der Waals surface area contributed by atoms with E-state index in [1.165, 1.54) is 19.3 Å². The van der Waals surface area contributed by atoms with Crippen molar-refractivity contribution in [1.29, 1.82) is 0 Å². The van der Waals surface area contributed by atoms with Gasteiger partial charge < -0.3 is 14.7 Å². The molecule has 0 unspecified atom stereocenters. The number of piperidine rings is 1. The Hall–Kier alpha value is -1.85. The number of nitrogens with zero attached hydrogens (tertiary/aromatic N) is 3. The molecule has 1 aliphatic rings. The van der Waals surface area contributed by atoms with Gasteiger partial charge in [0.2, 0.25) is 0 Å². The fourth-order valence-corrected chi connectivity index (χ4v) is 3.12. The molecule has 2 heterocycles. The van der Waals surface area contributed by atoms with Crippen LogP contribution in [0.4, 0.5) is 0 Å². The highest BCUT2D eigenvalue weighted by molar-refractivity contribution is 5.67. The first kappa shape index (κ1) is 16.0. The molecule has 3 rings (SSSR count). The molecular formula is C18H25N3O2. The molecule has 124 valence electrons.